The SMILES string of the molecule is CCCC(C)Oc1ccc(Br)c(C)n1. The van der Waals surface area contributed by atoms with E-state index in [2.05, 4.69) is 34.8 Å². The quantitative estimate of drug-likeness (QED) is 0.821. The van der Waals surface area contributed by atoms with Crippen molar-refractivity contribution in [3.63, 3.8) is 0 Å². The molecule has 0 saturated carbocycles. The first kappa shape index (κ1) is 11.5. The van der Waals surface area contributed by atoms with Gasteiger partial charge >= 0.3 is 0 Å². The first-order valence-corrected chi connectivity index (χ1v) is 5.72. The number of pyridine rings is 1. The van der Waals surface area contributed by atoms with Crippen molar-refractivity contribution in [3.8, 4) is 5.88 Å². The summed E-state index contributed by atoms with van der Waals surface area (Å²) in [5.74, 6) is 0.714. The summed E-state index contributed by atoms with van der Waals surface area (Å²) in [6, 6.07) is 3.86. The second-order valence-corrected chi connectivity index (χ2v) is 4.29. The van der Waals surface area contributed by atoms with Gasteiger partial charge in [-0.2, -0.15) is 0 Å². The van der Waals surface area contributed by atoms with E-state index < -0.39 is 0 Å². The van der Waals surface area contributed by atoms with Gasteiger partial charge in [0.25, 0.3) is 0 Å². The highest BCUT2D eigenvalue weighted by molar-refractivity contribution is 9.10. The molecule has 1 rings (SSSR count). The highest BCUT2D eigenvalue weighted by Crippen LogP contribution is 2.18. The molecule has 0 amide bonds. The van der Waals surface area contributed by atoms with Crippen LogP contribution in [0.15, 0.2) is 16.6 Å². The second-order valence-electron chi connectivity index (χ2n) is 3.43. The van der Waals surface area contributed by atoms with E-state index in [1.54, 1.807) is 0 Å². The Morgan fingerprint density at radius 3 is 2.79 bits per heavy atom. The molecule has 1 unspecified atom stereocenters. The summed E-state index contributed by atoms with van der Waals surface area (Å²) in [4.78, 5) is 4.33. The maximum atomic E-state index is 5.66. The maximum Gasteiger partial charge on any atom is 0.213 e. The molecule has 78 valence electrons. The molecule has 0 saturated heterocycles. The third-order valence-corrected chi connectivity index (χ3v) is 2.85. The van der Waals surface area contributed by atoms with Gasteiger partial charge in [-0.05, 0) is 42.3 Å². The second kappa shape index (κ2) is 5.35. The molecule has 1 aromatic heterocycles. The van der Waals surface area contributed by atoms with Crippen molar-refractivity contribution in [2.75, 3.05) is 0 Å². The molecule has 3 heteroatoms. The minimum Gasteiger partial charge on any atom is -0.475 e. The third kappa shape index (κ3) is 3.29. The summed E-state index contributed by atoms with van der Waals surface area (Å²) in [6.45, 7) is 6.18. The van der Waals surface area contributed by atoms with Crippen LogP contribution in [0.4, 0.5) is 0 Å². The molecule has 2 nitrogen and oxygen atoms in total. The van der Waals surface area contributed by atoms with E-state index in [0.717, 1.165) is 23.0 Å². The number of hydrogen-bond donors (Lipinski definition) is 0. The van der Waals surface area contributed by atoms with Gasteiger partial charge < -0.3 is 4.74 Å². The Labute approximate surface area is 93.8 Å². The van der Waals surface area contributed by atoms with Crippen LogP contribution in [0.25, 0.3) is 0 Å². The molecule has 1 atom stereocenters. The summed E-state index contributed by atoms with van der Waals surface area (Å²) in [7, 11) is 0. The lowest BCUT2D eigenvalue weighted by molar-refractivity contribution is 0.201. The number of aryl methyl sites for hydroxylation is 1. The van der Waals surface area contributed by atoms with Crippen LogP contribution in [-0.2, 0) is 0 Å². The van der Waals surface area contributed by atoms with Crippen LogP contribution in [0.1, 0.15) is 32.4 Å². The van der Waals surface area contributed by atoms with Gasteiger partial charge in [0.15, 0.2) is 0 Å². The Morgan fingerprint density at radius 1 is 1.50 bits per heavy atom. The Balaban J connectivity index is 2.63. The van der Waals surface area contributed by atoms with E-state index in [1.807, 2.05) is 19.1 Å². The normalized spacial score (nSPS) is 12.6. The zero-order chi connectivity index (χ0) is 10.6. The molecule has 0 aliphatic rings. The first-order valence-electron chi connectivity index (χ1n) is 4.93. The minimum absolute atomic E-state index is 0.244. The highest BCUT2D eigenvalue weighted by atomic mass is 79.9. The third-order valence-electron chi connectivity index (χ3n) is 2.01. The fraction of sp³-hybridized carbons (Fsp3) is 0.545. The largest absolute Gasteiger partial charge is 0.475 e. The van der Waals surface area contributed by atoms with Crippen LogP contribution in [0, 0.1) is 6.92 Å². The summed E-state index contributed by atoms with van der Waals surface area (Å²) in [5.41, 5.74) is 0.964. The van der Waals surface area contributed by atoms with Crippen LogP contribution in [0.3, 0.4) is 0 Å². The summed E-state index contributed by atoms with van der Waals surface area (Å²) in [5, 5.41) is 0. The van der Waals surface area contributed by atoms with E-state index in [-0.39, 0.29) is 6.10 Å². The Morgan fingerprint density at radius 2 is 2.21 bits per heavy atom. The lowest BCUT2D eigenvalue weighted by Gasteiger charge is -2.13. The average molecular weight is 258 g/mol. The van der Waals surface area contributed by atoms with Gasteiger partial charge in [0, 0.05) is 10.5 Å². The lowest BCUT2D eigenvalue weighted by Crippen LogP contribution is -2.12. The molecule has 0 aliphatic carbocycles. The summed E-state index contributed by atoms with van der Waals surface area (Å²) in [6.07, 6.45) is 2.45. The molecule has 0 aromatic carbocycles. The molecular weight excluding hydrogens is 242 g/mol. The van der Waals surface area contributed by atoms with Crippen molar-refractivity contribution >= 4 is 15.9 Å². The van der Waals surface area contributed by atoms with E-state index >= 15 is 0 Å². The minimum atomic E-state index is 0.244. The predicted molar refractivity (Wildman–Crippen MR) is 61.7 cm³/mol. The number of rotatable bonds is 4. The summed E-state index contributed by atoms with van der Waals surface area (Å²) >= 11 is 3.41. The topological polar surface area (TPSA) is 22.1 Å². The molecule has 0 radical (unpaired) electrons. The van der Waals surface area contributed by atoms with Gasteiger partial charge in [-0.3, -0.25) is 0 Å². The van der Waals surface area contributed by atoms with Crippen molar-refractivity contribution in [1.82, 2.24) is 4.98 Å². The van der Waals surface area contributed by atoms with Crippen molar-refractivity contribution in [2.24, 2.45) is 0 Å². The van der Waals surface area contributed by atoms with E-state index in [0.29, 0.717) is 5.88 Å². The maximum absolute atomic E-state index is 5.66. The molecule has 1 heterocycles. The van der Waals surface area contributed by atoms with Crippen LogP contribution in [-0.4, -0.2) is 11.1 Å². The van der Waals surface area contributed by atoms with Gasteiger partial charge in [0.05, 0.1) is 11.8 Å². The van der Waals surface area contributed by atoms with Crippen LogP contribution in [0.2, 0.25) is 0 Å². The van der Waals surface area contributed by atoms with Crippen molar-refractivity contribution in [2.45, 2.75) is 39.7 Å². The van der Waals surface area contributed by atoms with E-state index in [9.17, 15) is 0 Å². The lowest BCUT2D eigenvalue weighted by atomic mass is 10.2. The molecule has 0 spiro atoms. The molecule has 0 bridgehead atoms. The smallest absolute Gasteiger partial charge is 0.213 e. The number of hydrogen-bond acceptors (Lipinski definition) is 2. The number of aromatic nitrogens is 1. The number of nitrogens with zero attached hydrogens (tertiary/aromatic N) is 1. The van der Waals surface area contributed by atoms with Gasteiger partial charge in [-0.15, -0.1) is 0 Å². The fourth-order valence-electron chi connectivity index (χ4n) is 1.26. The standard InChI is InChI=1S/C11H16BrNO/c1-4-5-8(2)14-11-7-6-10(12)9(3)13-11/h6-8H,4-5H2,1-3H3. The van der Waals surface area contributed by atoms with Gasteiger partial charge in [0.2, 0.25) is 5.88 Å². The number of halogens is 1. The average Bonchev–Trinajstić information content (AvgIpc) is 2.12. The molecular formula is C11H16BrNO. The van der Waals surface area contributed by atoms with Crippen molar-refractivity contribution < 1.29 is 4.74 Å². The predicted octanol–water partition coefficient (Wildman–Crippen LogP) is 3.72. The zero-order valence-electron chi connectivity index (χ0n) is 8.88. The van der Waals surface area contributed by atoms with Crippen LogP contribution < -0.4 is 4.74 Å². The van der Waals surface area contributed by atoms with E-state index in [4.69, 9.17) is 4.74 Å². The molecule has 0 aliphatic heterocycles. The molecule has 0 N–H and O–H groups in total. The highest BCUT2D eigenvalue weighted by Gasteiger charge is 2.04. The summed E-state index contributed by atoms with van der Waals surface area (Å²) < 4.78 is 6.68. The van der Waals surface area contributed by atoms with Gasteiger partial charge in [-0.1, -0.05) is 13.3 Å². The Hall–Kier alpha value is -0.570. The van der Waals surface area contributed by atoms with Crippen molar-refractivity contribution in [3.05, 3.63) is 22.3 Å². The Bertz CT molecular complexity index is 301. The van der Waals surface area contributed by atoms with Crippen molar-refractivity contribution in [1.29, 1.82) is 0 Å². The first-order chi connectivity index (χ1) is 6.63. The Kier molecular flexibility index (Phi) is 4.39. The molecule has 0 fully saturated rings. The molecule has 14 heavy (non-hydrogen) atoms. The van der Waals surface area contributed by atoms with Crippen LogP contribution in [0.5, 0.6) is 5.88 Å². The van der Waals surface area contributed by atoms with Gasteiger partial charge in [-0.25, -0.2) is 4.98 Å². The van der Waals surface area contributed by atoms with E-state index in [1.165, 1.54) is 0 Å². The van der Waals surface area contributed by atoms with Crippen LogP contribution >= 0.6 is 15.9 Å². The number of ether oxygens (including phenoxy) is 1. The van der Waals surface area contributed by atoms with Gasteiger partial charge in [0.1, 0.15) is 0 Å². The zero-order valence-corrected chi connectivity index (χ0v) is 10.5. The monoisotopic (exact) mass is 257 g/mol. The fourth-order valence-corrected chi connectivity index (χ4v) is 1.48. The molecule has 1 aromatic rings.